The van der Waals surface area contributed by atoms with E-state index in [0.29, 0.717) is 0 Å². The summed E-state index contributed by atoms with van der Waals surface area (Å²) in [5.74, 6) is 0. The van der Waals surface area contributed by atoms with Gasteiger partial charge in [-0.25, -0.2) is 0 Å². The van der Waals surface area contributed by atoms with Crippen LogP contribution < -0.4 is 0 Å². The number of hydrogen-bond donors (Lipinski definition) is 0. The lowest BCUT2D eigenvalue weighted by molar-refractivity contribution is 0.365. The summed E-state index contributed by atoms with van der Waals surface area (Å²) < 4.78 is 9.19. The van der Waals surface area contributed by atoms with Crippen LogP contribution in [0.25, 0.3) is 0 Å². The quantitative estimate of drug-likeness (QED) is 0.360. The topological polar surface area (TPSA) is 18.5 Å². The van der Waals surface area contributed by atoms with E-state index < -0.39 is 0 Å². The molecule has 1 saturated heterocycles. The Labute approximate surface area is 31.4 Å². The molecule has 27 valence electrons. The summed E-state index contributed by atoms with van der Waals surface area (Å²) in [6, 6.07) is 0. The predicted molar refractivity (Wildman–Crippen MR) is 17.7 cm³/mol. The molecule has 0 bridgehead atoms. The first-order valence-electron chi connectivity index (χ1n) is 1.55. The molecule has 0 unspecified atom stereocenters. The Balaban J connectivity index is 2.08. The summed E-state index contributed by atoms with van der Waals surface area (Å²) in [5.41, 5.74) is 0. The molecule has 0 atom stereocenters. The van der Waals surface area contributed by atoms with Gasteiger partial charge in [0.2, 0.25) is 0 Å². The summed E-state index contributed by atoms with van der Waals surface area (Å²) in [5, 5.41) is 0. The maximum atomic E-state index is 4.60. The van der Waals surface area contributed by atoms with Gasteiger partial charge in [0.1, 0.15) is 0 Å². The van der Waals surface area contributed by atoms with Crippen LogP contribution in [0.5, 0.6) is 0 Å². The van der Waals surface area contributed by atoms with Gasteiger partial charge in [0.05, 0.1) is 13.2 Å². The van der Waals surface area contributed by atoms with Crippen molar-refractivity contribution in [2.45, 2.75) is 0 Å². The van der Waals surface area contributed by atoms with E-state index in [2.05, 4.69) is 9.31 Å². The van der Waals surface area contributed by atoms with E-state index in [9.17, 15) is 0 Å². The van der Waals surface area contributed by atoms with Gasteiger partial charge in [-0.3, -0.25) is 0 Å². The molecule has 1 rings (SSSR count). The van der Waals surface area contributed by atoms with Crippen molar-refractivity contribution in [2.75, 3.05) is 13.2 Å². The van der Waals surface area contributed by atoms with Gasteiger partial charge in [-0.15, -0.1) is 0 Å². The third kappa shape index (κ3) is 0.632. The maximum absolute atomic E-state index is 4.60. The number of hydrogen-bond acceptors (Lipinski definition) is 2. The first-order chi connectivity index (χ1) is 2.50. The molecule has 1 heterocycles. The number of rotatable bonds is 0. The largest absolute Gasteiger partial charge is 0.488 e. The molecule has 0 spiro atoms. The highest BCUT2D eigenvalue weighted by atomic mass is 16.6. The zero-order valence-electron chi connectivity index (χ0n) is 2.81. The molecule has 0 aromatic rings. The molecule has 0 aromatic carbocycles. The monoisotopic (exact) mass is 71.0 g/mol. The molecule has 0 N–H and O–H groups in total. The normalized spacial score (nSPS) is 22.4. The van der Waals surface area contributed by atoms with Crippen LogP contribution in [0.2, 0.25) is 0 Å². The molecular formula is C2H4BO2. The van der Waals surface area contributed by atoms with E-state index in [1.54, 1.807) is 0 Å². The van der Waals surface area contributed by atoms with Crippen LogP contribution in [0, 0.1) is 0 Å². The zero-order valence-corrected chi connectivity index (χ0v) is 2.81. The summed E-state index contributed by atoms with van der Waals surface area (Å²) in [7, 11) is 1.36. The summed E-state index contributed by atoms with van der Waals surface area (Å²) >= 11 is 0. The Kier molecular flexibility index (Phi) is 0.910. The van der Waals surface area contributed by atoms with Crippen LogP contribution in [-0.4, -0.2) is 20.9 Å². The van der Waals surface area contributed by atoms with Crippen LogP contribution in [0.1, 0.15) is 0 Å². The average Bonchev–Trinajstić information content (AvgIpc) is 1.76. The van der Waals surface area contributed by atoms with Crippen LogP contribution >= 0.6 is 0 Å². The van der Waals surface area contributed by atoms with Gasteiger partial charge in [-0.2, -0.15) is 0 Å². The molecule has 0 aromatic heterocycles. The van der Waals surface area contributed by atoms with E-state index in [1.165, 1.54) is 7.69 Å². The smallest absolute Gasteiger partial charge is 0.411 e. The molecule has 2 nitrogen and oxygen atoms in total. The Bertz CT molecular complexity index is 19.2. The highest BCUT2D eigenvalue weighted by Crippen LogP contribution is 1.82. The highest BCUT2D eigenvalue weighted by molar-refractivity contribution is 6.18. The first kappa shape index (κ1) is 3.19. The van der Waals surface area contributed by atoms with Crippen molar-refractivity contribution in [3.8, 4) is 0 Å². The predicted octanol–water partition coefficient (Wildman–Crippen LogP) is -0.433. The van der Waals surface area contributed by atoms with Gasteiger partial charge in [-0.05, 0) is 0 Å². The average molecular weight is 70.9 g/mol. The molecule has 0 amide bonds. The van der Waals surface area contributed by atoms with Gasteiger partial charge in [0.15, 0.2) is 0 Å². The lowest BCUT2D eigenvalue weighted by atomic mass is 10.4. The van der Waals surface area contributed by atoms with Crippen molar-refractivity contribution < 1.29 is 9.31 Å². The molecule has 1 fully saturated rings. The van der Waals surface area contributed by atoms with Crippen LogP contribution in [0.3, 0.4) is 0 Å². The first-order valence-corrected chi connectivity index (χ1v) is 1.55. The van der Waals surface area contributed by atoms with Crippen molar-refractivity contribution in [3.05, 3.63) is 0 Å². The zero-order chi connectivity index (χ0) is 3.54. The van der Waals surface area contributed by atoms with Gasteiger partial charge >= 0.3 is 7.69 Å². The van der Waals surface area contributed by atoms with Gasteiger partial charge in [-0.1, -0.05) is 0 Å². The van der Waals surface area contributed by atoms with Crippen LogP contribution in [-0.2, 0) is 9.31 Å². The Hall–Kier alpha value is -0.0151. The van der Waals surface area contributed by atoms with E-state index >= 15 is 0 Å². The van der Waals surface area contributed by atoms with Gasteiger partial charge in [0, 0.05) is 0 Å². The second kappa shape index (κ2) is 1.43. The van der Waals surface area contributed by atoms with E-state index in [1.807, 2.05) is 0 Å². The van der Waals surface area contributed by atoms with Gasteiger partial charge in [0.25, 0.3) is 0 Å². The molecule has 1 aliphatic rings. The molecular weight excluding hydrogens is 66.8 g/mol. The van der Waals surface area contributed by atoms with E-state index in [4.69, 9.17) is 0 Å². The van der Waals surface area contributed by atoms with Crippen LogP contribution in [0.4, 0.5) is 0 Å². The Morgan fingerprint density at radius 2 is 1.80 bits per heavy atom. The lowest BCUT2D eigenvalue weighted by Crippen LogP contribution is -1.83. The minimum Gasteiger partial charge on any atom is -0.411 e. The minimum absolute atomic E-state index is 0.722. The van der Waals surface area contributed by atoms with Crippen LogP contribution in [0.15, 0.2) is 0 Å². The van der Waals surface area contributed by atoms with Crippen molar-refractivity contribution in [1.29, 1.82) is 0 Å². The standard InChI is InChI=1S/C2H4BO2/c1-2-5-3-4-1/h1-2H2. The van der Waals surface area contributed by atoms with E-state index in [0.717, 1.165) is 13.2 Å². The van der Waals surface area contributed by atoms with E-state index in [-0.39, 0.29) is 0 Å². The highest BCUT2D eigenvalue weighted by Gasteiger charge is 1.99. The third-order valence-corrected chi connectivity index (χ3v) is 0.455. The fourth-order valence-electron chi connectivity index (χ4n) is 0.241. The van der Waals surface area contributed by atoms with Crippen molar-refractivity contribution in [1.82, 2.24) is 0 Å². The van der Waals surface area contributed by atoms with Crippen molar-refractivity contribution in [3.63, 3.8) is 0 Å². The van der Waals surface area contributed by atoms with Crippen molar-refractivity contribution in [2.24, 2.45) is 0 Å². The summed E-state index contributed by atoms with van der Waals surface area (Å²) in [4.78, 5) is 0. The molecule has 3 heteroatoms. The third-order valence-electron chi connectivity index (χ3n) is 0.455. The summed E-state index contributed by atoms with van der Waals surface area (Å²) in [6.07, 6.45) is 0. The maximum Gasteiger partial charge on any atom is 0.488 e. The Morgan fingerprint density at radius 1 is 1.20 bits per heavy atom. The van der Waals surface area contributed by atoms with Crippen molar-refractivity contribution >= 4 is 7.69 Å². The lowest BCUT2D eigenvalue weighted by Gasteiger charge is -1.71. The fourth-order valence-corrected chi connectivity index (χ4v) is 0.241. The molecule has 5 heavy (non-hydrogen) atoms. The molecule has 1 aliphatic heterocycles. The summed E-state index contributed by atoms with van der Waals surface area (Å²) in [6.45, 7) is 1.44. The Morgan fingerprint density at radius 3 is 2.00 bits per heavy atom. The second-order valence-electron chi connectivity index (χ2n) is 0.838. The SMILES string of the molecule is [B]1OCCO1. The molecule has 0 saturated carbocycles. The molecule has 1 radical (unpaired) electrons. The second-order valence-corrected chi connectivity index (χ2v) is 0.838. The van der Waals surface area contributed by atoms with Gasteiger partial charge < -0.3 is 9.31 Å². The minimum atomic E-state index is 0.722. The molecule has 0 aliphatic carbocycles. The fraction of sp³-hybridized carbons (Fsp3) is 1.00.